The van der Waals surface area contributed by atoms with Gasteiger partial charge in [0.25, 0.3) is 5.91 Å². The molecule has 4 nitrogen and oxygen atoms in total. The summed E-state index contributed by atoms with van der Waals surface area (Å²) in [5.74, 6) is 0.538. The molecule has 0 saturated heterocycles. The minimum atomic E-state index is -0.118. The van der Waals surface area contributed by atoms with Gasteiger partial charge >= 0.3 is 0 Å². The summed E-state index contributed by atoms with van der Waals surface area (Å²) in [6, 6.07) is 24.1. The number of anilines is 2. The van der Waals surface area contributed by atoms with Gasteiger partial charge in [-0.25, -0.2) is 4.99 Å². The number of amides is 1. The zero-order valence-corrected chi connectivity index (χ0v) is 17.8. The number of benzene rings is 3. The molecule has 1 aliphatic heterocycles. The van der Waals surface area contributed by atoms with Crippen LogP contribution in [0.1, 0.15) is 22.3 Å². The maximum absolute atomic E-state index is 13.4. The van der Waals surface area contributed by atoms with Gasteiger partial charge < -0.3 is 4.90 Å². The van der Waals surface area contributed by atoms with Crippen molar-refractivity contribution in [3.05, 3.63) is 101 Å². The molecule has 1 heterocycles. The molecule has 0 unspecified atom stereocenters. The maximum atomic E-state index is 13.4. The Morgan fingerprint density at radius 3 is 2.20 bits per heavy atom. The van der Waals surface area contributed by atoms with E-state index in [1.165, 1.54) is 0 Å². The minimum Gasteiger partial charge on any atom is -0.378 e. The number of nitrogens with zero attached hydrogens (tertiary/aromatic N) is 3. The van der Waals surface area contributed by atoms with Crippen LogP contribution in [0.5, 0.6) is 0 Å². The molecule has 0 atom stereocenters. The summed E-state index contributed by atoms with van der Waals surface area (Å²) in [5.41, 5.74) is 6.51. The molecule has 0 spiro atoms. The van der Waals surface area contributed by atoms with Crippen LogP contribution in [0.15, 0.2) is 83.5 Å². The number of aryl methyl sites for hydroxylation is 2. The summed E-state index contributed by atoms with van der Waals surface area (Å²) in [7, 11) is 4.01. The summed E-state index contributed by atoms with van der Waals surface area (Å²) < 4.78 is 0. The quantitative estimate of drug-likeness (QED) is 0.569. The van der Waals surface area contributed by atoms with Crippen molar-refractivity contribution in [1.82, 2.24) is 0 Å². The van der Waals surface area contributed by atoms with Crippen LogP contribution in [-0.2, 0) is 4.79 Å². The van der Waals surface area contributed by atoms with Crippen molar-refractivity contribution in [2.24, 2.45) is 4.99 Å². The molecule has 4 rings (SSSR count). The van der Waals surface area contributed by atoms with Crippen molar-refractivity contribution >= 4 is 29.2 Å². The van der Waals surface area contributed by atoms with Crippen LogP contribution < -0.4 is 9.80 Å². The van der Waals surface area contributed by atoms with Crippen LogP contribution in [0.25, 0.3) is 6.08 Å². The zero-order chi connectivity index (χ0) is 21.3. The van der Waals surface area contributed by atoms with Gasteiger partial charge in [-0.15, -0.1) is 0 Å². The molecule has 0 N–H and O–H groups in total. The smallest absolute Gasteiger partial charge is 0.282 e. The van der Waals surface area contributed by atoms with Gasteiger partial charge in [0.2, 0.25) is 0 Å². The maximum Gasteiger partial charge on any atom is 0.282 e. The van der Waals surface area contributed by atoms with Gasteiger partial charge in [0.15, 0.2) is 0 Å². The van der Waals surface area contributed by atoms with Crippen LogP contribution >= 0.6 is 0 Å². The minimum absolute atomic E-state index is 0.118. The Morgan fingerprint density at radius 1 is 0.867 bits per heavy atom. The number of hydrogen-bond donors (Lipinski definition) is 0. The van der Waals surface area contributed by atoms with E-state index < -0.39 is 0 Å². The van der Waals surface area contributed by atoms with E-state index in [0.717, 1.165) is 33.6 Å². The number of amidine groups is 1. The molecule has 0 aliphatic carbocycles. The normalized spacial score (nSPS) is 14.9. The SMILES string of the molecule is Cc1ccc(N2C(=O)/C(=C/c3ccc(N(C)C)cc3)N=C2c2cccc(C)c2)cc1. The largest absolute Gasteiger partial charge is 0.378 e. The molecule has 4 heteroatoms. The van der Waals surface area contributed by atoms with Gasteiger partial charge in [0, 0.05) is 25.3 Å². The van der Waals surface area contributed by atoms with Crippen LogP contribution in [0.2, 0.25) is 0 Å². The van der Waals surface area contributed by atoms with Gasteiger partial charge in [-0.2, -0.15) is 0 Å². The molecule has 0 aromatic heterocycles. The molecular formula is C26H25N3O. The fraction of sp³-hybridized carbons (Fsp3) is 0.154. The van der Waals surface area contributed by atoms with Gasteiger partial charge in [-0.1, -0.05) is 53.6 Å². The summed E-state index contributed by atoms with van der Waals surface area (Å²) in [6.45, 7) is 4.08. The van der Waals surface area contributed by atoms with Crippen LogP contribution in [-0.4, -0.2) is 25.8 Å². The van der Waals surface area contributed by atoms with E-state index in [2.05, 4.69) is 6.07 Å². The fourth-order valence-corrected chi connectivity index (χ4v) is 3.45. The van der Waals surface area contributed by atoms with Gasteiger partial charge in [-0.05, 0) is 55.8 Å². The third kappa shape index (κ3) is 3.90. The fourth-order valence-electron chi connectivity index (χ4n) is 3.45. The first kappa shape index (κ1) is 19.6. The van der Waals surface area contributed by atoms with E-state index in [-0.39, 0.29) is 5.91 Å². The average Bonchev–Trinajstić information content (AvgIpc) is 3.05. The Labute approximate surface area is 177 Å². The third-order valence-corrected chi connectivity index (χ3v) is 5.14. The standard InChI is InChI=1S/C26H25N3O/c1-18-8-12-23(13-9-18)29-25(21-7-5-6-19(2)16-21)27-24(26(29)30)17-20-10-14-22(15-11-20)28(3)4/h5-17H,1-4H3/b24-17-. The third-order valence-electron chi connectivity index (χ3n) is 5.14. The van der Waals surface area contributed by atoms with E-state index in [0.29, 0.717) is 11.5 Å². The molecular weight excluding hydrogens is 370 g/mol. The number of rotatable bonds is 4. The monoisotopic (exact) mass is 395 g/mol. The summed E-state index contributed by atoms with van der Waals surface area (Å²) in [5, 5.41) is 0. The zero-order valence-electron chi connectivity index (χ0n) is 17.8. The molecule has 30 heavy (non-hydrogen) atoms. The van der Waals surface area contributed by atoms with Gasteiger partial charge in [0.05, 0.1) is 5.69 Å². The number of hydrogen-bond acceptors (Lipinski definition) is 3. The number of aliphatic imine (C=N–C) groups is 1. The topological polar surface area (TPSA) is 35.9 Å². The Morgan fingerprint density at radius 2 is 1.57 bits per heavy atom. The highest BCUT2D eigenvalue weighted by molar-refractivity contribution is 6.33. The second kappa shape index (κ2) is 7.99. The summed E-state index contributed by atoms with van der Waals surface area (Å²) in [6.07, 6.45) is 1.85. The number of carbonyl (C=O) groups is 1. The average molecular weight is 396 g/mol. The van der Waals surface area contributed by atoms with Crippen molar-refractivity contribution in [1.29, 1.82) is 0 Å². The molecule has 0 radical (unpaired) electrons. The predicted octanol–water partition coefficient (Wildman–Crippen LogP) is 5.20. The highest BCUT2D eigenvalue weighted by Crippen LogP contribution is 2.28. The molecule has 0 bridgehead atoms. The summed E-state index contributed by atoms with van der Waals surface area (Å²) in [4.78, 5) is 21.9. The van der Waals surface area contributed by atoms with Gasteiger partial charge in [-0.3, -0.25) is 9.69 Å². The lowest BCUT2D eigenvalue weighted by Crippen LogP contribution is -2.32. The second-order valence-corrected chi connectivity index (χ2v) is 7.80. The van der Waals surface area contributed by atoms with Crippen molar-refractivity contribution in [2.45, 2.75) is 13.8 Å². The van der Waals surface area contributed by atoms with Gasteiger partial charge in [0.1, 0.15) is 11.5 Å². The van der Waals surface area contributed by atoms with Crippen molar-refractivity contribution in [2.75, 3.05) is 23.9 Å². The van der Waals surface area contributed by atoms with E-state index in [1.54, 1.807) is 4.90 Å². The van der Waals surface area contributed by atoms with Crippen LogP contribution in [0.4, 0.5) is 11.4 Å². The van der Waals surface area contributed by atoms with E-state index in [4.69, 9.17) is 4.99 Å². The molecule has 0 saturated carbocycles. The van der Waals surface area contributed by atoms with Crippen LogP contribution in [0, 0.1) is 13.8 Å². The van der Waals surface area contributed by atoms with Crippen molar-refractivity contribution < 1.29 is 4.79 Å². The Hall–Kier alpha value is -3.66. The first-order valence-corrected chi connectivity index (χ1v) is 9.98. The molecule has 3 aromatic rings. The van der Waals surface area contributed by atoms with Crippen molar-refractivity contribution in [3.63, 3.8) is 0 Å². The second-order valence-electron chi connectivity index (χ2n) is 7.80. The Bertz CT molecular complexity index is 1140. The van der Waals surface area contributed by atoms with Crippen molar-refractivity contribution in [3.8, 4) is 0 Å². The Balaban J connectivity index is 1.78. The molecule has 150 valence electrons. The molecule has 0 fully saturated rings. The Kier molecular flexibility index (Phi) is 5.23. The molecule has 1 aliphatic rings. The first-order chi connectivity index (χ1) is 14.4. The van der Waals surface area contributed by atoms with Crippen LogP contribution in [0.3, 0.4) is 0 Å². The lowest BCUT2D eigenvalue weighted by molar-refractivity contribution is -0.113. The summed E-state index contributed by atoms with van der Waals surface area (Å²) >= 11 is 0. The van der Waals surface area contributed by atoms with E-state index in [9.17, 15) is 4.79 Å². The highest BCUT2D eigenvalue weighted by atomic mass is 16.2. The molecule has 1 amide bonds. The lowest BCUT2D eigenvalue weighted by atomic mass is 10.1. The lowest BCUT2D eigenvalue weighted by Gasteiger charge is -2.19. The predicted molar refractivity (Wildman–Crippen MR) is 125 cm³/mol. The first-order valence-electron chi connectivity index (χ1n) is 9.98. The van der Waals surface area contributed by atoms with E-state index >= 15 is 0 Å². The molecule has 3 aromatic carbocycles. The highest BCUT2D eigenvalue weighted by Gasteiger charge is 2.32. The van der Waals surface area contributed by atoms with E-state index in [1.807, 2.05) is 106 Å². The number of carbonyl (C=O) groups excluding carboxylic acids is 1.